The highest BCUT2D eigenvalue weighted by molar-refractivity contribution is 5.80. The molecule has 0 spiro atoms. The van der Waals surface area contributed by atoms with E-state index in [0.717, 1.165) is 18.5 Å². The Morgan fingerprint density at radius 3 is 2.65 bits per heavy atom. The van der Waals surface area contributed by atoms with Crippen LogP contribution in [0.3, 0.4) is 0 Å². The molecule has 1 aromatic heterocycles. The fourth-order valence-electron chi connectivity index (χ4n) is 3.65. The number of hydrogen-bond donors (Lipinski definition) is 2. The Hall–Kier alpha value is -2.11. The van der Waals surface area contributed by atoms with Crippen LogP contribution >= 0.6 is 0 Å². The van der Waals surface area contributed by atoms with Crippen LogP contribution in [0.25, 0.3) is 0 Å². The molecular formula is C17H24N4O2. The average molecular weight is 316 g/mol. The maximum absolute atomic E-state index is 12.6. The Bertz CT molecular complexity index is 616. The summed E-state index contributed by atoms with van der Waals surface area (Å²) < 4.78 is 0. The van der Waals surface area contributed by atoms with Gasteiger partial charge in [-0.1, -0.05) is 13.8 Å². The number of urea groups is 1. The number of nitrogens with one attached hydrogen (secondary N) is 2. The number of aromatic nitrogens is 1. The maximum atomic E-state index is 12.6. The van der Waals surface area contributed by atoms with Crippen LogP contribution in [0.15, 0.2) is 24.5 Å². The Labute approximate surface area is 136 Å². The molecule has 2 fully saturated rings. The zero-order valence-corrected chi connectivity index (χ0v) is 13.9. The van der Waals surface area contributed by atoms with Gasteiger partial charge in [-0.15, -0.1) is 0 Å². The van der Waals surface area contributed by atoms with Gasteiger partial charge in [0.05, 0.1) is 11.6 Å². The van der Waals surface area contributed by atoms with Crippen molar-refractivity contribution in [1.82, 2.24) is 20.5 Å². The highest BCUT2D eigenvalue weighted by atomic mass is 16.2. The van der Waals surface area contributed by atoms with Crippen LogP contribution in [0.5, 0.6) is 0 Å². The Morgan fingerprint density at radius 2 is 2.09 bits per heavy atom. The number of amides is 3. The zero-order valence-electron chi connectivity index (χ0n) is 13.9. The number of hydrogen-bond acceptors (Lipinski definition) is 3. The van der Waals surface area contributed by atoms with Crippen molar-refractivity contribution < 1.29 is 9.59 Å². The van der Waals surface area contributed by atoms with Gasteiger partial charge in [-0.2, -0.15) is 0 Å². The Morgan fingerprint density at radius 1 is 1.39 bits per heavy atom. The monoisotopic (exact) mass is 316 g/mol. The lowest BCUT2D eigenvalue weighted by Gasteiger charge is -2.54. The lowest BCUT2D eigenvalue weighted by Crippen LogP contribution is -2.61. The normalized spacial score (nSPS) is 28.9. The van der Waals surface area contributed by atoms with E-state index >= 15 is 0 Å². The van der Waals surface area contributed by atoms with Crippen molar-refractivity contribution in [2.24, 2.45) is 5.41 Å². The minimum atomic E-state index is -0.334. The Balaban J connectivity index is 1.64. The molecule has 3 amide bonds. The molecule has 0 bridgehead atoms. The second-order valence-corrected chi connectivity index (χ2v) is 7.57. The predicted octanol–water partition coefficient (Wildman–Crippen LogP) is 1.84. The molecule has 2 atom stereocenters. The van der Waals surface area contributed by atoms with Crippen LogP contribution in [0.4, 0.5) is 4.79 Å². The van der Waals surface area contributed by atoms with Gasteiger partial charge in [0.25, 0.3) is 0 Å². The van der Waals surface area contributed by atoms with Crippen LogP contribution in [-0.4, -0.2) is 40.5 Å². The lowest BCUT2D eigenvalue weighted by molar-refractivity contribution is -0.119. The minimum Gasteiger partial charge on any atom is -0.349 e. The van der Waals surface area contributed by atoms with Crippen LogP contribution in [-0.2, 0) is 4.79 Å². The Kier molecular flexibility index (Phi) is 3.78. The first-order valence-electron chi connectivity index (χ1n) is 8.06. The first-order chi connectivity index (χ1) is 10.8. The van der Waals surface area contributed by atoms with E-state index in [2.05, 4.69) is 29.5 Å². The molecule has 6 heteroatoms. The van der Waals surface area contributed by atoms with Gasteiger partial charge in [0.1, 0.15) is 0 Å². The number of rotatable bonds is 3. The summed E-state index contributed by atoms with van der Waals surface area (Å²) in [5.74, 6) is 0.0569. The molecule has 3 heterocycles. The molecule has 23 heavy (non-hydrogen) atoms. The van der Waals surface area contributed by atoms with E-state index in [9.17, 15) is 9.59 Å². The topological polar surface area (TPSA) is 74.3 Å². The second kappa shape index (κ2) is 5.51. The van der Waals surface area contributed by atoms with Crippen LogP contribution in [0.1, 0.15) is 45.2 Å². The molecule has 0 saturated carbocycles. The molecule has 2 aliphatic rings. The molecule has 2 aliphatic heterocycles. The summed E-state index contributed by atoms with van der Waals surface area (Å²) in [6, 6.07) is 3.90. The molecule has 3 rings (SSSR count). The summed E-state index contributed by atoms with van der Waals surface area (Å²) in [5, 5.41) is 5.92. The van der Waals surface area contributed by atoms with Crippen molar-refractivity contribution >= 4 is 11.9 Å². The van der Waals surface area contributed by atoms with E-state index in [1.807, 2.05) is 24.0 Å². The quantitative estimate of drug-likeness (QED) is 0.893. The molecule has 1 aromatic rings. The SMILES string of the molecule is CC1(CNC(=O)N2CC(C)(C)C2c2ccncc2)CCC(=O)N1. The largest absolute Gasteiger partial charge is 0.349 e. The van der Waals surface area contributed by atoms with Gasteiger partial charge in [-0.05, 0) is 31.0 Å². The molecule has 0 radical (unpaired) electrons. The molecule has 2 N–H and O–H groups in total. The van der Waals surface area contributed by atoms with Gasteiger partial charge in [-0.25, -0.2) is 4.79 Å². The third kappa shape index (κ3) is 3.02. The van der Waals surface area contributed by atoms with Crippen molar-refractivity contribution in [3.05, 3.63) is 30.1 Å². The summed E-state index contributed by atoms with van der Waals surface area (Å²) >= 11 is 0. The molecular weight excluding hydrogens is 292 g/mol. The highest BCUT2D eigenvalue weighted by Crippen LogP contribution is 2.48. The number of carbonyl (C=O) groups excluding carboxylic acids is 2. The van der Waals surface area contributed by atoms with Crippen molar-refractivity contribution in [2.75, 3.05) is 13.1 Å². The molecule has 2 unspecified atom stereocenters. The lowest BCUT2D eigenvalue weighted by atomic mass is 9.72. The summed E-state index contributed by atoms with van der Waals surface area (Å²) in [6.45, 7) is 7.48. The number of nitrogens with zero attached hydrogens (tertiary/aromatic N) is 2. The predicted molar refractivity (Wildman–Crippen MR) is 86.6 cm³/mol. The molecule has 0 aliphatic carbocycles. The van der Waals surface area contributed by atoms with Gasteiger partial charge in [0, 0.05) is 37.3 Å². The van der Waals surface area contributed by atoms with Gasteiger partial charge in [-0.3, -0.25) is 9.78 Å². The van der Waals surface area contributed by atoms with E-state index in [1.54, 1.807) is 12.4 Å². The second-order valence-electron chi connectivity index (χ2n) is 7.57. The smallest absolute Gasteiger partial charge is 0.318 e. The summed E-state index contributed by atoms with van der Waals surface area (Å²) in [5.41, 5.74) is 0.815. The van der Waals surface area contributed by atoms with Crippen molar-refractivity contribution in [1.29, 1.82) is 0 Å². The first-order valence-corrected chi connectivity index (χ1v) is 8.06. The summed E-state index contributed by atoms with van der Waals surface area (Å²) in [4.78, 5) is 29.9. The van der Waals surface area contributed by atoms with Crippen LogP contribution in [0.2, 0.25) is 0 Å². The van der Waals surface area contributed by atoms with Crippen molar-refractivity contribution in [2.45, 2.75) is 45.2 Å². The van der Waals surface area contributed by atoms with E-state index in [-0.39, 0.29) is 28.9 Å². The number of pyridine rings is 1. The van der Waals surface area contributed by atoms with Gasteiger partial charge >= 0.3 is 6.03 Å². The van der Waals surface area contributed by atoms with Gasteiger partial charge in [0.15, 0.2) is 0 Å². The average Bonchev–Trinajstić information content (AvgIpc) is 2.84. The summed E-state index contributed by atoms with van der Waals surface area (Å²) in [7, 11) is 0. The highest BCUT2D eigenvalue weighted by Gasteiger charge is 2.49. The van der Waals surface area contributed by atoms with E-state index in [4.69, 9.17) is 0 Å². The zero-order chi connectivity index (χ0) is 16.7. The third-order valence-electron chi connectivity index (χ3n) is 4.89. The minimum absolute atomic E-state index is 0.0458. The van der Waals surface area contributed by atoms with E-state index < -0.39 is 0 Å². The first kappa shape index (κ1) is 15.8. The number of carbonyl (C=O) groups is 2. The standard InChI is InChI=1S/C17H24N4O2/c1-16(2)11-21(14(16)12-5-8-18-9-6-12)15(23)19-10-17(3)7-4-13(22)20-17/h5-6,8-9,14H,4,7,10-11H2,1-3H3,(H,19,23)(H,20,22). The van der Waals surface area contributed by atoms with E-state index in [0.29, 0.717) is 13.0 Å². The molecule has 0 aromatic carbocycles. The summed E-state index contributed by atoms with van der Waals surface area (Å²) in [6.07, 6.45) is 4.80. The fourth-order valence-corrected chi connectivity index (χ4v) is 3.65. The van der Waals surface area contributed by atoms with E-state index in [1.165, 1.54) is 0 Å². The fraction of sp³-hybridized carbons (Fsp3) is 0.588. The number of likely N-dealkylation sites (tertiary alicyclic amines) is 1. The molecule has 124 valence electrons. The maximum Gasteiger partial charge on any atom is 0.318 e. The van der Waals surface area contributed by atoms with Crippen LogP contribution in [0, 0.1) is 5.41 Å². The molecule has 2 saturated heterocycles. The third-order valence-corrected chi connectivity index (χ3v) is 4.89. The van der Waals surface area contributed by atoms with Crippen LogP contribution < -0.4 is 10.6 Å². The van der Waals surface area contributed by atoms with Gasteiger partial charge < -0.3 is 15.5 Å². The van der Waals surface area contributed by atoms with Crippen molar-refractivity contribution in [3.63, 3.8) is 0 Å². The van der Waals surface area contributed by atoms with Crippen molar-refractivity contribution in [3.8, 4) is 0 Å². The molecule has 6 nitrogen and oxygen atoms in total. The van der Waals surface area contributed by atoms with Gasteiger partial charge in [0.2, 0.25) is 5.91 Å².